The number of nitrogens with zero attached hydrogens (tertiary/aromatic N) is 1. The van der Waals surface area contributed by atoms with Gasteiger partial charge in [0.05, 0.1) is 10.9 Å². The minimum absolute atomic E-state index is 0.0356. The lowest BCUT2D eigenvalue weighted by molar-refractivity contribution is 0.0666. The molecule has 0 saturated carbocycles. The SMILES string of the molecule is CCCCN(C(=O)c1cc(S(C)(=O)=O)ccc1C)C(CC)c1ccccc1. The Hall–Kier alpha value is -2.14. The van der Waals surface area contributed by atoms with Gasteiger partial charge in [0, 0.05) is 18.4 Å². The molecule has 0 aliphatic heterocycles. The van der Waals surface area contributed by atoms with Crippen LogP contribution in [-0.4, -0.2) is 32.0 Å². The monoisotopic (exact) mass is 387 g/mol. The molecule has 0 aliphatic carbocycles. The van der Waals surface area contributed by atoms with Crippen molar-refractivity contribution in [3.63, 3.8) is 0 Å². The van der Waals surface area contributed by atoms with Gasteiger partial charge in [-0.25, -0.2) is 8.42 Å². The largest absolute Gasteiger partial charge is 0.332 e. The van der Waals surface area contributed by atoms with E-state index in [9.17, 15) is 13.2 Å². The van der Waals surface area contributed by atoms with Crippen LogP contribution in [0.2, 0.25) is 0 Å². The van der Waals surface area contributed by atoms with Gasteiger partial charge in [-0.2, -0.15) is 0 Å². The van der Waals surface area contributed by atoms with E-state index in [1.54, 1.807) is 12.1 Å². The molecule has 0 fully saturated rings. The molecule has 0 heterocycles. The highest BCUT2D eigenvalue weighted by Gasteiger charge is 2.26. The lowest BCUT2D eigenvalue weighted by Crippen LogP contribution is -2.36. The van der Waals surface area contributed by atoms with Crippen LogP contribution in [0.1, 0.15) is 60.6 Å². The minimum atomic E-state index is -3.37. The molecule has 0 aliphatic rings. The van der Waals surface area contributed by atoms with Crippen molar-refractivity contribution in [1.82, 2.24) is 4.90 Å². The Morgan fingerprint density at radius 1 is 1.07 bits per heavy atom. The van der Waals surface area contributed by atoms with E-state index in [1.165, 1.54) is 12.3 Å². The maximum Gasteiger partial charge on any atom is 0.254 e. The van der Waals surface area contributed by atoms with Gasteiger partial charge in [0.15, 0.2) is 9.84 Å². The molecule has 0 bridgehead atoms. The van der Waals surface area contributed by atoms with Crippen molar-refractivity contribution in [2.45, 2.75) is 51.0 Å². The van der Waals surface area contributed by atoms with Crippen LogP contribution in [0.3, 0.4) is 0 Å². The van der Waals surface area contributed by atoms with Crippen molar-refractivity contribution in [3.8, 4) is 0 Å². The number of unbranched alkanes of at least 4 members (excludes halogenated alkanes) is 1. The van der Waals surface area contributed by atoms with Gasteiger partial charge in [0.25, 0.3) is 5.91 Å². The van der Waals surface area contributed by atoms with Crippen molar-refractivity contribution in [3.05, 3.63) is 65.2 Å². The third kappa shape index (κ3) is 5.19. The van der Waals surface area contributed by atoms with E-state index in [2.05, 4.69) is 13.8 Å². The number of carbonyl (C=O) groups is 1. The van der Waals surface area contributed by atoms with Crippen LogP contribution in [0.15, 0.2) is 53.4 Å². The molecule has 2 aromatic rings. The molecule has 27 heavy (non-hydrogen) atoms. The van der Waals surface area contributed by atoms with Gasteiger partial charge in [-0.3, -0.25) is 4.79 Å². The third-order valence-corrected chi connectivity index (χ3v) is 5.94. The summed E-state index contributed by atoms with van der Waals surface area (Å²) in [4.78, 5) is 15.5. The number of sulfone groups is 1. The smallest absolute Gasteiger partial charge is 0.254 e. The van der Waals surface area contributed by atoms with E-state index in [0.29, 0.717) is 12.1 Å². The molecule has 0 radical (unpaired) electrons. The summed E-state index contributed by atoms with van der Waals surface area (Å²) in [6.45, 7) is 6.66. The second-order valence-electron chi connectivity index (χ2n) is 6.94. The second-order valence-corrected chi connectivity index (χ2v) is 8.95. The van der Waals surface area contributed by atoms with E-state index in [0.717, 1.165) is 30.4 Å². The summed E-state index contributed by atoms with van der Waals surface area (Å²) in [6.07, 6.45) is 3.85. The number of aryl methyl sites for hydroxylation is 1. The average Bonchev–Trinajstić information content (AvgIpc) is 2.64. The fourth-order valence-corrected chi connectivity index (χ4v) is 3.90. The van der Waals surface area contributed by atoms with Crippen LogP contribution in [0.4, 0.5) is 0 Å². The summed E-state index contributed by atoms with van der Waals surface area (Å²) >= 11 is 0. The maximum absolute atomic E-state index is 13.5. The summed E-state index contributed by atoms with van der Waals surface area (Å²) in [5.74, 6) is -0.109. The molecule has 0 aromatic heterocycles. The topological polar surface area (TPSA) is 54.5 Å². The van der Waals surface area contributed by atoms with E-state index in [4.69, 9.17) is 0 Å². The molecule has 2 aromatic carbocycles. The Morgan fingerprint density at radius 2 is 1.74 bits per heavy atom. The van der Waals surface area contributed by atoms with Gasteiger partial charge in [-0.1, -0.05) is 56.7 Å². The highest BCUT2D eigenvalue weighted by atomic mass is 32.2. The van der Waals surface area contributed by atoms with Gasteiger partial charge >= 0.3 is 0 Å². The molecular weight excluding hydrogens is 358 g/mol. The fourth-order valence-electron chi connectivity index (χ4n) is 3.26. The number of benzene rings is 2. The quantitative estimate of drug-likeness (QED) is 0.654. The van der Waals surface area contributed by atoms with E-state index in [1.807, 2.05) is 42.2 Å². The summed E-state index contributed by atoms with van der Waals surface area (Å²) in [5.41, 5.74) is 2.35. The molecule has 0 saturated heterocycles. The molecule has 1 unspecified atom stereocenters. The number of carbonyl (C=O) groups excluding carboxylic acids is 1. The first kappa shape index (κ1) is 21.2. The molecule has 0 N–H and O–H groups in total. The summed E-state index contributed by atoms with van der Waals surface area (Å²) in [6, 6.07) is 14.8. The number of rotatable bonds is 8. The van der Waals surface area contributed by atoms with Crippen molar-refractivity contribution in [1.29, 1.82) is 0 Å². The maximum atomic E-state index is 13.5. The molecule has 5 heteroatoms. The zero-order chi connectivity index (χ0) is 20.0. The average molecular weight is 388 g/mol. The normalized spacial score (nSPS) is 12.6. The van der Waals surface area contributed by atoms with Crippen LogP contribution in [0.5, 0.6) is 0 Å². The summed E-state index contributed by atoms with van der Waals surface area (Å²) in [7, 11) is -3.37. The third-order valence-electron chi connectivity index (χ3n) is 4.83. The van der Waals surface area contributed by atoms with E-state index in [-0.39, 0.29) is 16.8 Å². The van der Waals surface area contributed by atoms with Gasteiger partial charge in [0.1, 0.15) is 0 Å². The lowest BCUT2D eigenvalue weighted by atomic mass is 10.00. The first-order chi connectivity index (χ1) is 12.8. The van der Waals surface area contributed by atoms with Gasteiger partial charge < -0.3 is 4.90 Å². The van der Waals surface area contributed by atoms with Crippen LogP contribution in [0, 0.1) is 6.92 Å². The number of amides is 1. The second kappa shape index (κ2) is 9.18. The van der Waals surface area contributed by atoms with Crippen LogP contribution in [-0.2, 0) is 9.84 Å². The Kier molecular flexibility index (Phi) is 7.19. The standard InChI is InChI=1S/C22H29NO3S/c1-5-7-15-23(21(6-2)18-11-9-8-10-12-18)22(24)20-16-19(27(4,25)26)14-13-17(20)3/h8-14,16,21H,5-7,15H2,1-4H3. The van der Waals surface area contributed by atoms with Crippen LogP contribution in [0.25, 0.3) is 0 Å². The van der Waals surface area contributed by atoms with E-state index >= 15 is 0 Å². The van der Waals surface area contributed by atoms with Crippen LogP contribution >= 0.6 is 0 Å². The van der Waals surface area contributed by atoms with Crippen LogP contribution < -0.4 is 0 Å². The Bertz CT molecular complexity index is 876. The first-order valence-corrected chi connectivity index (χ1v) is 11.3. The Labute approximate surface area is 163 Å². The zero-order valence-corrected chi connectivity index (χ0v) is 17.4. The van der Waals surface area contributed by atoms with Crippen molar-refractivity contribution in [2.24, 2.45) is 0 Å². The zero-order valence-electron chi connectivity index (χ0n) is 16.6. The van der Waals surface area contributed by atoms with Gasteiger partial charge in [0.2, 0.25) is 0 Å². The summed E-state index contributed by atoms with van der Waals surface area (Å²) in [5, 5.41) is 0. The molecule has 4 nitrogen and oxygen atoms in total. The van der Waals surface area contributed by atoms with E-state index < -0.39 is 9.84 Å². The minimum Gasteiger partial charge on any atom is -0.332 e. The van der Waals surface area contributed by atoms with Gasteiger partial charge in [-0.05, 0) is 43.0 Å². The molecule has 146 valence electrons. The molecule has 0 spiro atoms. The molecule has 2 rings (SSSR count). The van der Waals surface area contributed by atoms with Crippen molar-refractivity contribution in [2.75, 3.05) is 12.8 Å². The molecule has 1 atom stereocenters. The Balaban J connectivity index is 2.49. The van der Waals surface area contributed by atoms with Crippen molar-refractivity contribution < 1.29 is 13.2 Å². The lowest BCUT2D eigenvalue weighted by Gasteiger charge is -2.32. The molecular formula is C22H29NO3S. The van der Waals surface area contributed by atoms with Gasteiger partial charge in [-0.15, -0.1) is 0 Å². The first-order valence-electron chi connectivity index (χ1n) is 9.46. The number of hydrogen-bond acceptors (Lipinski definition) is 3. The number of hydrogen-bond donors (Lipinski definition) is 0. The predicted octanol–water partition coefficient (Wildman–Crippen LogP) is 4.79. The highest BCUT2D eigenvalue weighted by Crippen LogP contribution is 2.28. The Morgan fingerprint density at radius 3 is 2.30 bits per heavy atom. The molecule has 1 amide bonds. The summed E-state index contributed by atoms with van der Waals surface area (Å²) < 4.78 is 23.9. The van der Waals surface area contributed by atoms with Crippen molar-refractivity contribution >= 4 is 15.7 Å². The fraction of sp³-hybridized carbons (Fsp3) is 0.409. The highest BCUT2D eigenvalue weighted by molar-refractivity contribution is 7.90. The predicted molar refractivity (Wildman–Crippen MR) is 110 cm³/mol.